The number of hydrogen-bond donors (Lipinski definition) is 1. The molecular formula is C15H14BFO5S. The van der Waals surface area contributed by atoms with Crippen molar-refractivity contribution in [1.82, 2.24) is 0 Å². The summed E-state index contributed by atoms with van der Waals surface area (Å²) in [6, 6.07) is 8.46. The lowest BCUT2D eigenvalue weighted by Gasteiger charge is -2.09. The molecule has 0 atom stereocenters. The maximum absolute atomic E-state index is 13.4. The van der Waals surface area contributed by atoms with E-state index in [1.807, 2.05) is 0 Å². The van der Waals surface area contributed by atoms with Gasteiger partial charge in [-0.25, -0.2) is 12.8 Å². The van der Waals surface area contributed by atoms with Crippen LogP contribution in [0, 0.1) is 5.82 Å². The summed E-state index contributed by atoms with van der Waals surface area (Å²) in [6.45, 7) is 0.304. The highest BCUT2D eigenvalue weighted by atomic mass is 32.2. The summed E-state index contributed by atoms with van der Waals surface area (Å²) in [7, 11) is -3.42. The molecule has 0 fully saturated rings. The third kappa shape index (κ3) is 3.10. The van der Waals surface area contributed by atoms with E-state index in [1.54, 1.807) is 18.2 Å². The molecule has 0 unspecified atom stereocenters. The molecule has 23 heavy (non-hydrogen) atoms. The zero-order valence-electron chi connectivity index (χ0n) is 12.3. The van der Waals surface area contributed by atoms with Crippen LogP contribution in [0.2, 0.25) is 0 Å². The molecule has 2 aromatic carbocycles. The lowest BCUT2D eigenvalue weighted by atomic mass is 9.79. The Kier molecular flexibility index (Phi) is 4.14. The predicted molar refractivity (Wildman–Crippen MR) is 82.7 cm³/mol. The highest BCUT2D eigenvalue weighted by Crippen LogP contribution is 2.24. The fraction of sp³-hybridized carbons (Fsp3) is 0.200. The first-order valence-electron chi connectivity index (χ1n) is 6.88. The van der Waals surface area contributed by atoms with Gasteiger partial charge in [0, 0.05) is 6.07 Å². The summed E-state index contributed by atoms with van der Waals surface area (Å²) in [4.78, 5) is -0.0203. The first-order valence-corrected chi connectivity index (χ1v) is 8.53. The molecule has 0 bridgehead atoms. The van der Waals surface area contributed by atoms with Crippen LogP contribution in [0.1, 0.15) is 11.1 Å². The summed E-state index contributed by atoms with van der Waals surface area (Å²) in [5.74, 6) is -1.00. The Bertz CT molecular complexity index is 853. The van der Waals surface area contributed by atoms with E-state index in [9.17, 15) is 17.8 Å². The van der Waals surface area contributed by atoms with Crippen LogP contribution in [0.4, 0.5) is 4.39 Å². The van der Waals surface area contributed by atoms with Gasteiger partial charge in [-0.05, 0) is 28.7 Å². The Morgan fingerprint density at radius 1 is 1.30 bits per heavy atom. The van der Waals surface area contributed by atoms with E-state index in [1.165, 1.54) is 13.2 Å². The van der Waals surface area contributed by atoms with Gasteiger partial charge in [0.25, 0.3) is 0 Å². The van der Waals surface area contributed by atoms with E-state index in [0.717, 1.165) is 17.7 Å². The Morgan fingerprint density at radius 3 is 2.83 bits per heavy atom. The second kappa shape index (κ2) is 5.95. The number of sulfone groups is 1. The van der Waals surface area contributed by atoms with Crippen molar-refractivity contribution in [1.29, 1.82) is 0 Å². The molecule has 1 aliphatic heterocycles. The topological polar surface area (TPSA) is 72.8 Å². The first kappa shape index (κ1) is 16.0. The largest absolute Gasteiger partial charge is 0.494 e. The van der Waals surface area contributed by atoms with Gasteiger partial charge in [0.1, 0.15) is 0 Å². The molecule has 1 heterocycles. The number of rotatable bonds is 4. The number of methoxy groups -OCH3 is 1. The number of hydrogen-bond acceptors (Lipinski definition) is 5. The van der Waals surface area contributed by atoms with Gasteiger partial charge < -0.3 is 14.4 Å². The van der Waals surface area contributed by atoms with E-state index in [0.29, 0.717) is 17.6 Å². The lowest BCUT2D eigenvalue weighted by molar-refractivity contribution is 0.275. The van der Waals surface area contributed by atoms with E-state index in [-0.39, 0.29) is 16.4 Å². The normalized spacial score (nSPS) is 14.0. The highest BCUT2D eigenvalue weighted by Gasteiger charge is 2.28. The average Bonchev–Trinajstić information content (AvgIpc) is 2.88. The van der Waals surface area contributed by atoms with Crippen molar-refractivity contribution in [3.63, 3.8) is 0 Å². The predicted octanol–water partition coefficient (Wildman–Crippen LogP) is 1.03. The van der Waals surface area contributed by atoms with Gasteiger partial charge in [0.15, 0.2) is 21.4 Å². The van der Waals surface area contributed by atoms with E-state index < -0.39 is 22.8 Å². The van der Waals surface area contributed by atoms with E-state index in [2.05, 4.69) is 0 Å². The van der Waals surface area contributed by atoms with Crippen LogP contribution in [0.5, 0.6) is 5.75 Å². The average molecular weight is 336 g/mol. The highest BCUT2D eigenvalue weighted by molar-refractivity contribution is 7.90. The summed E-state index contributed by atoms with van der Waals surface area (Å²) in [5.41, 5.74) is 1.94. The van der Waals surface area contributed by atoms with Gasteiger partial charge >= 0.3 is 7.12 Å². The van der Waals surface area contributed by atoms with Crippen molar-refractivity contribution in [2.75, 3.05) is 7.11 Å². The molecule has 8 heteroatoms. The zero-order chi connectivity index (χ0) is 16.6. The number of fused-ring (bicyclic) bond motifs is 1. The molecule has 0 spiro atoms. The third-order valence-corrected chi connectivity index (χ3v) is 5.40. The zero-order valence-corrected chi connectivity index (χ0v) is 13.1. The first-order chi connectivity index (χ1) is 10.9. The van der Waals surface area contributed by atoms with Gasteiger partial charge in [0.2, 0.25) is 0 Å². The minimum Gasteiger partial charge on any atom is -0.494 e. The summed E-state index contributed by atoms with van der Waals surface area (Å²) in [5, 5.41) is 9.69. The van der Waals surface area contributed by atoms with Gasteiger partial charge in [0.05, 0.1) is 24.4 Å². The van der Waals surface area contributed by atoms with E-state index >= 15 is 0 Å². The molecule has 0 aromatic heterocycles. The number of halogens is 1. The van der Waals surface area contributed by atoms with Crippen LogP contribution in [0.15, 0.2) is 41.3 Å². The van der Waals surface area contributed by atoms with Crippen LogP contribution in [0.25, 0.3) is 0 Å². The maximum Gasteiger partial charge on any atom is 0.491 e. The standard InChI is InChI=1S/C15H14BFO5S/c1-21-15-7-12(4-5-14(15)17)23(19,20)9-10-2-3-11-8-22-16(18)13(11)6-10/h2-7,18H,8-9H2,1H3. The monoisotopic (exact) mass is 336 g/mol. The van der Waals surface area contributed by atoms with Crippen LogP contribution < -0.4 is 10.2 Å². The molecule has 0 saturated carbocycles. The molecule has 0 aliphatic carbocycles. The van der Waals surface area contributed by atoms with Crippen molar-refractivity contribution in [3.05, 3.63) is 53.3 Å². The second-order valence-electron chi connectivity index (χ2n) is 5.25. The lowest BCUT2D eigenvalue weighted by Crippen LogP contribution is -2.28. The second-order valence-corrected chi connectivity index (χ2v) is 7.24. The Balaban J connectivity index is 1.91. The van der Waals surface area contributed by atoms with Gasteiger partial charge in [-0.1, -0.05) is 18.2 Å². The molecule has 0 amide bonds. The molecule has 120 valence electrons. The van der Waals surface area contributed by atoms with Crippen LogP contribution in [-0.4, -0.2) is 27.7 Å². The molecule has 3 rings (SSSR count). The van der Waals surface area contributed by atoms with Gasteiger partial charge in [-0.3, -0.25) is 0 Å². The molecule has 5 nitrogen and oxygen atoms in total. The van der Waals surface area contributed by atoms with Crippen molar-refractivity contribution in [2.24, 2.45) is 0 Å². The van der Waals surface area contributed by atoms with Crippen molar-refractivity contribution < 1.29 is 27.2 Å². The van der Waals surface area contributed by atoms with Crippen LogP contribution in [0.3, 0.4) is 0 Å². The van der Waals surface area contributed by atoms with Crippen LogP contribution in [-0.2, 0) is 26.9 Å². The number of benzene rings is 2. The maximum atomic E-state index is 13.4. The Morgan fingerprint density at radius 2 is 2.09 bits per heavy atom. The van der Waals surface area contributed by atoms with Crippen molar-refractivity contribution >= 4 is 22.4 Å². The molecular weight excluding hydrogens is 322 g/mol. The molecule has 1 N–H and O–H groups in total. The Labute approximate surface area is 133 Å². The van der Waals surface area contributed by atoms with Gasteiger partial charge in [-0.15, -0.1) is 0 Å². The summed E-state index contributed by atoms with van der Waals surface area (Å²) < 4.78 is 48.3. The van der Waals surface area contributed by atoms with E-state index in [4.69, 9.17) is 9.39 Å². The Hall–Kier alpha value is -1.90. The molecule has 1 aliphatic rings. The summed E-state index contributed by atoms with van der Waals surface area (Å²) >= 11 is 0. The quantitative estimate of drug-likeness (QED) is 0.667. The molecule has 0 saturated heterocycles. The molecule has 2 aromatic rings. The fourth-order valence-electron chi connectivity index (χ4n) is 2.49. The summed E-state index contributed by atoms with van der Waals surface area (Å²) in [6.07, 6.45) is 0. The fourth-order valence-corrected chi connectivity index (χ4v) is 3.84. The van der Waals surface area contributed by atoms with Gasteiger partial charge in [-0.2, -0.15) is 0 Å². The van der Waals surface area contributed by atoms with Crippen molar-refractivity contribution in [3.8, 4) is 5.75 Å². The number of ether oxygens (including phenoxy) is 1. The molecule has 0 radical (unpaired) electrons. The third-order valence-electron chi connectivity index (χ3n) is 3.71. The SMILES string of the molecule is COc1cc(S(=O)(=O)Cc2ccc3c(c2)B(O)OC3)ccc1F. The minimum atomic E-state index is -3.67. The minimum absolute atomic E-state index is 0.0203. The van der Waals surface area contributed by atoms with Crippen LogP contribution >= 0.6 is 0 Å². The smallest absolute Gasteiger partial charge is 0.491 e. The van der Waals surface area contributed by atoms with Crippen molar-refractivity contribution in [2.45, 2.75) is 17.3 Å².